The third-order valence-corrected chi connectivity index (χ3v) is 3.21. The Morgan fingerprint density at radius 1 is 0.941 bits per heavy atom. The van der Waals surface area contributed by atoms with Crippen molar-refractivity contribution in [3.05, 3.63) is 35.4 Å². The van der Waals surface area contributed by atoms with Crippen molar-refractivity contribution in [2.45, 2.75) is 40.0 Å². The molecule has 0 amide bonds. The largest absolute Gasteiger partial charge is 0.159 e. The van der Waals surface area contributed by atoms with Gasteiger partial charge in [-0.1, -0.05) is 52.0 Å². The quantitative estimate of drug-likeness (QED) is 0.746. The molecule has 17 heavy (non-hydrogen) atoms. The van der Waals surface area contributed by atoms with Gasteiger partial charge in [0.15, 0.2) is 0 Å². The van der Waals surface area contributed by atoms with E-state index in [-0.39, 0.29) is 0 Å². The van der Waals surface area contributed by atoms with E-state index in [9.17, 15) is 0 Å². The lowest BCUT2D eigenvalue weighted by atomic mass is 9.91. The average Bonchev–Trinajstić information content (AvgIpc) is 2.78. The zero-order chi connectivity index (χ0) is 12.4. The smallest absolute Gasteiger partial charge is 0.0762 e. The Bertz CT molecular complexity index is 468. The highest BCUT2D eigenvalue weighted by Crippen LogP contribution is 2.24. The van der Waals surface area contributed by atoms with Gasteiger partial charge in [-0.05, 0) is 17.4 Å². The van der Waals surface area contributed by atoms with Crippen LogP contribution in [0.5, 0.6) is 0 Å². The van der Waals surface area contributed by atoms with Crippen LogP contribution in [0.4, 0.5) is 0 Å². The minimum atomic E-state index is 0.488. The molecule has 1 aromatic carbocycles. The maximum atomic E-state index is 4.36. The number of nitrogens with zero attached hydrogens (tertiary/aromatic N) is 2. The van der Waals surface area contributed by atoms with E-state index in [1.807, 2.05) is 0 Å². The predicted octanol–water partition coefficient (Wildman–Crippen LogP) is 4.01. The first-order valence-corrected chi connectivity index (χ1v) is 6.32. The summed E-state index contributed by atoms with van der Waals surface area (Å²) in [4.78, 5) is 0. The van der Waals surface area contributed by atoms with Crippen LogP contribution in [0.15, 0.2) is 34.5 Å². The fourth-order valence-electron chi connectivity index (χ4n) is 2.10. The van der Waals surface area contributed by atoms with Crippen molar-refractivity contribution < 1.29 is 0 Å². The topological polar surface area (TPSA) is 24.7 Å². The average molecular weight is 228 g/mol. The molecule has 0 radical (unpaired) electrons. The van der Waals surface area contributed by atoms with Crippen molar-refractivity contribution in [3.8, 4) is 0 Å². The molecule has 0 N–H and O–H groups in total. The Kier molecular flexibility index (Phi) is 3.41. The third kappa shape index (κ3) is 2.46. The Labute approximate surface area is 103 Å². The summed E-state index contributed by atoms with van der Waals surface area (Å²) in [5.41, 5.74) is 4.95. The first-order chi connectivity index (χ1) is 8.09. The summed E-state index contributed by atoms with van der Waals surface area (Å²) in [6, 6.07) is 8.53. The van der Waals surface area contributed by atoms with Gasteiger partial charge in [-0.2, -0.15) is 10.2 Å². The zero-order valence-electron chi connectivity index (χ0n) is 11.1. The molecule has 1 aromatic rings. The van der Waals surface area contributed by atoms with E-state index in [1.54, 1.807) is 0 Å². The first-order valence-electron chi connectivity index (χ1n) is 6.32. The van der Waals surface area contributed by atoms with E-state index in [0.29, 0.717) is 11.8 Å². The van der Waals surface area contributed by atoms with Gasteiger partial charge < -0.3 is 0 Å². The Balaban J connectivity index is 2.27. The summed E-state index contributed by atoms with van der Waals surface area (Å²) in [7, 11) is 0. The van der Waals surface area contributed by atoms with Crippen molar-refractivity contribution in [3.63, 3.8) is 0 Å². The molecule has 0 aromatic heterocycles. The molecule has 1 aliphatic heterocycles. The molecule has 2 nitrogen and oxygen atoms in total. The number of hydrogen-bond acceptors (Lipinski definition) is 2. The van der Waals surface area contributed by atoms with Gasteiger partial charge in [-0.3, -0.25) is 0 Å². The maximum absolute atomic E-state index is 4.36. The lowest BCUT2D eigenvalue weighted by Crippen LogP contribution is -2.11. The van der Waals surface area contributed by atoms with Gasteiger partial charge in [-0.15, -0.1) is 0 Å². The minimum Gasteiger partial charge on any atom is -0.159 e. The van der Waals surface area contributed by atoms with Crippen molar-refractivity contribution >= 4 is 11.4 Å². The van der Waals surface area contributed by atoms with Crippen LogP contribution in [0, 0.1) is 5.92 Å². The molecule has 2 heteroatoms. The number of rotatable bonds is 3. The summed E-state index contributed by atoms with van der Waals surface area (Å²) in [5, 5.41) is 8.65. The lowest BCUT2D eigenvalue weighted by Gasteiger charge is -2.12. The second kappa shape index (κ2) is 4.82. The Morgan fingerprint density at radius 2 is 1.65 bits per heavy atom. The summed E-state index contributed by atoms with van der Waals surface area (Å²) < 4.78 is 0. The Morgan fingerprint density at radius 3 is 2.24 bits per heavy atom. The first kappa shape index (κ1) is 12.0. The molecule has 0 bridgehead atoms. The van der Waals surface area contributed by atoms with E-state index in [1.165, 1.54) is 16.8 Å². The molecule has 0 saturated carbocycles. The van der Waals surface area contributed by atoms with Crippen LogP contribution in [0.3, 0.4) is 0 Å². The summed E-state index contributed by atoms with van der Waals surface area (Å²) in [6.07, 6.45) is 0.904. The predicted molar refractivity (Wildman–Crippen MR) is 74.0 cm³/mol. The zero-order valence-corrected chi connectivity index (χ0v) is 11.1. The van der Waals surface area contributed by atoms with E-state index in [4.69, 9.17) is 0 Å². The molecule has 0 fully saturated rings. The molecular formula is C15H20N2. The van der Waals surface area contributed by atoms with E-state index in [2.05, 4.69) is 62.2 Å². The van der Waals surface area contributed by atoms with Crippen LogP contribution < -0.4 is 0 Å². The van der Waals surface area contributed by atoms with Crippen molar-refractivity contribution in [2.75, 3.05) is 0 Å². The molecule has 1 heterocycles. The van der Waals surface area contributed by atoms with Gasteiger partial charge in [0, 0.05) is 17.7 Å². The van der Waals surface area contributed by atoms with Crippen LogP contribution in [-0.4, -0.2) is 11.4 Å². The summed E-state index contributed by atoms with van der Waals surface area (Å²) in [5.74, 6) is 1.01. The summed E-state index contributed by atoms with van der Waals surface area (Å²) >= 11 is 0. The maximum Gasteiger partial charge on any atom is 0.0762 e. The van der Waals surface area contributed by atoms with Crippen LogP contribution in [-0.2, 0) is 0 Å². The Hall–Kier alpha value is -1.44. The number of hydrogen-bond donors (Lipinski definition) is 0. The van der Waals surface area contributed by atoms with Crippen LogP contribution in [0.1, 0.15) is 51.2 Å². The fourth-order valence-corrected chi connectivity index (χ4v) is 2.10. The van der Waals surface area contributed by atoms with Gasteiger partial charge >= 0.3 is 0 Å². The molecule has 0 saturated heterocycles. The SMILES string of the molecule is CC(C)C1=NN=C(c2ccccc2C(C)C)C1. The number of benzene rings is 1. The van der Waals surface area contributed by atoms with Crippen molar-refractivity contribution in [2.24, 2.45) is 16.1 Å². The highest BCUT2D eigenvalue weighted by molar-refractivity contribution is 6.16. The molecule has 0 unspecified atom stereocenters. The monoisotopic (exact) mass is 228 g/mol. The van der Waals surface area contributed by atoms with Gasteiger partial charge in [0.1, 0.15) is 0 Å². The molecule has 0 aliphatic carbocycles. The second-order valence-corrected chi connectivity index (χ2v) is 5.21. The van der Waals surface area contributed by atoms with E-state index < -0.39 is 0 Å². The van der Waals surface area contributed by atoms with Gasteiger partial charge in [-0.25, -0.2) is 0 Å². The van der Waals surface area contributed by atoms with Crippen LogP contribution in [0.2, 0.25) is 0 Å². The molecule has 2 rings (SSSR count). The molecule has 90 valence electrons. The van der Waals surface area contributed by atoms with E-state index >= 15 is 0 Å². The molecule has 0 spiro atoms. The van der Waals surface area contributed by atoms with E-state index in [0.717, 1.165) is 12.1 Å². The second-order valence-electron chi connectivity index (χ2n) is 5.21. The van der Waals surface area contributed by atoms with Gasteiger partial charge in [0.05, 0.1) is 5.71 Å². The van der Waals surface area contributed by atoms with Crippen molar-refractivity contribution in [1.82, 2.24) is 0 Å². The third-order valence-electron chi connectivity index (χ3n) is 3.21. The lowest BCUT2D eigenvalue weighted by molar-refractivity contribution is 0.862. The van der Waals surface area contributed by atoms with Gasteiger partial charge in [0.2, 0.25) is 0 Å². The minimum absolute atomic E-state index is 0.488. The van der Waals surface area contributed by atoms with Crippen molar-refractivity contribution in [1.29, 1.82) is 0 Å². The highest BCUT2D eigenvalue weighted by atomic mass is 15.2. The standard InChI is InChI=1S/C15H20N2/c1-10(2)12-7-5-6-8-13(12)15-9-14(11(3)4)16-17-15/h5-8,10-11H,9H2,1-4H3. The van der Waals surface area contributed by atoms with Crippen LogP contribution in [0.25, 0.3) is 0 Å². The normalized spacial score (nSPS) is 15.4. The molecule has 0 atom stereocenters. The molecule has 1 aliphatic rings. The highest BCUT2D eigenvalue weighted by Gasteiger charge is 2.19. The van der Waals surface area contributed by atoms with Gasteiger partial charge in [0.25, 0.3) is 0 Å². The molecular weight excluding hydrogens is 208 g/mol. The summed E-state index contributed by atoms with van der Waals surface area (Å²) in [6.45, 7) is 8.79. The van der Waals surface area contributed by atoms with Crippen LogP contribution >= 0.6 is 0 Å². The fraction of sp³-hybridized carbons (Fsp3) is 0.467.